The molecule has 0 amide bonds. The van der Waals surface area contributed by atoms with E-state index in [0.717, 1.165) is 39.0 Å². The molecule has 0 unspecified atom stereocenters. The maximum absolute atomic E-state index is 5.74. The lowest BCUT2D eigenvalue weighted by Crippen LogP contribution is -2.41. The van der Waals surface area contributed by atoms with Gasteiger partial charge >= 0.3 is 0 Å². The van der Waals surface area contributed by atoms with Crippen LogP contribution in [0.4, 0.5) is 0 Å². The molecule has 0 bridgehead atoms. The van der Waals surface area contributed by atoms with Crippen molar-refractivity contribution in [2.24, 2.45) is 11.5 Å². The summed E-state index contributed by atoms with van der Waals surface area (Å²) in [6, 6.07) is 0.439. The fourth-order valence-corrected chi connectivity index (χ4v) is 1.36. The molecule has 1 aliphatic heterocycles. The van der Waals surface area contributed by atoms with Gasteiger partial charge in [-0.3, -0.25) is 0 Å². The first kappa shape index (κ1) is 16.3. The Morgan fingerprint density at radius 1 is 1.07 bits per heavy atom. The van der Waals surface area contributed by atoms with Crippen molar-refractivity contribution in [1.29, 1.82) is 0 Å². The van der Waals surface area contributed by atoms with Gasteiger partial charge in [-0.05, 0) is 25.9 Å². The zero-order chi connectivity index (χ0) is 11.4. The molecule has 88 valence electrons. The Bertz CT molecular complexity index is 88.5. The molecule has 0 spiro atoms. The number of hydrogen-bond acceptors (Lipinski definition) is 3. The Kier molecular flexibility index (Phi) is 15.0. The van der Waals surface area contributed by atoms with Crippen LogP contribution in [0.25, 0.3) is 0 Å². The Morgan fingerprint density at radius 3 is 1.86 bits per heavy atom. The number of hydrogen-bond donors (Lipinski definition) is 2. The molecule has 0 aliphatic carbocycles. The molecule has 14 heavy (non-hydrogen) atoms. The highest BCUT2D eigenvalue weighted by atomic mass is 15.1. The highest BCUT2D eigenvalue weighted by molar-refractivity contribution is 4.73. The summed E-state index contributed by atoms with van der Waals surface area (Å²) >= 11 is 0. The first-order valence-corrected chi connectivity index (χ1v) is 6.01. The Hall–Kier alpha value is -0.120. The van der Waals surface area contributed by atoms with Crippen LogP contribution in [0.1, 0.15) is 40.5 Å². The highest BCUT2D eigenvalue weighted by Gasteiger charge is 2.14. The van der Waals surface area contributed by atoms with Crippen molar-refractivity contribution in [2.45, 2.75) is 46.6 Å². The van der Waals surface area contributed by atoms with E-state index < -0.39 is 0 Å². The van der Waals surface area contributed by atoms with Crippen molar-refractivity contribution < 1.29 is 0 Å². The summed E-state index contributed by atoms with van der Waals surface area (Å²) in [5.74, 6) is 0. The predicted molar refractivity (Wildman–Crippen MR) is 65.4 cm³/mol. The van der Waals surface area contributed by atoms with Gasteiger partial charge in [0.2, 0.25) is 0 Å². The van der Waals surface area contributed by atoms with Crippen molar-refractivity contribution >= 4 is 0 Å². The van der Waals surface area contributed by atoms with Crippen molar-refractivity contribution in [1.82, 2.24) is 4.90 Å². The van der Waals surface area contributed by atoms with E-state index in [2.05, 4.69) is 4.90 Å². The highest BCUT2D eigenvalue weighted by Crippen LogP contribution is 2.06. The minimum atomic E-state index is 0.439. The minimum absolute atomic E-state index is 0.439. The zero-order valence-corrected chi connectivity index (χ0v) is 10.4. The van der Waals surface area contributed by atoms with Crippen LogP contribution >= 0.6 is 0 Å². The summed E-state index contributed by atoms with van der Waals surface area (Å²) in [4.78, 5) is 2.38. The third kappa shape index (κ3) is 8.48. The largest absolute Gasteiger partial charge is 0.329 e. The third-order valence-corrected chi connectivity index (χ3v) is 2.08. The summed E-state index contributed by atoms with van der Waals surface area (Å²) in [5, 5.41) is 0. The van der Waals surface area contributed by atoms with E-state index in [1.807, 2.05) is 27.7 Å². The second kappa shape index (κ2) is 12.9. The topological polar surface area (TPSA) is 55.3 Å². The second-order valence-corrected chi connectivity index (χ2v) is 2.97. The fraction of sp³-hybridized carbons (Fsp3) is 1.00. The fourth-order valence-electron chi connectivity index (χ4n) is 1.36. The molecule has 1 saturated heterocycles. The third-order valence-electron chi connectivity index (χ3n) is 2.08. The number of rotatable bonds is 2. The molecular weight excluding hydrogens is 174 g/mol. The van der Waals surface area contributed by atoms with Crippen LogP contribution in [0.3, 0.4) is 0 Å². The van der Waals surface area contributed by atoms with Gasteiger partial charge in [-0.15, -0.1) is 0 Å². The van der Waals surface area contributed by atoms with Crippen LogP contribution in [0.5, 0.6) is 0 Å². The van der Waals surface area contributed by atoms with E-state index in [0.29, 0.717) is 6.04 Å². The lowest BCUT2D eigenvalue weighted by Gasteiger charge is -2.29. The standard InChI is InChI=1S/C7H17N3.2C2H6/c8-3-6-10-4-1-7(9)2-5-10;2*1-2/h7H,1-6,8-9H2;2*1-2H3. The normalized spacial score (nSPS) is 17.6. The molecule has 0 saturated carbocycles. The molecule has 1 fully saturated rings. The predicted octanol–water partition coefficient (Wildman–Crippen LogP) is 1.42. The lowest BCUT2D eigenvalue weighted by atomic mass is 10.1. The average Bonchev–Trinajstić information content (AvgIpc) is 2.28. The smallest absolute Gasteiger partial charge is 0.0105 e. The van der Waals surface area contributed by atoms with Gasteiger partial charge in [-0.25, -0.2) is 0 Å². The average molecular weight is 203 g/mol. The Balaban J connectivity index is 0. The Labute approximate surface area is 89.8 Å². The first-order chi connectivity index (χ1) is 6.83. The maximum Gasteiger partial charge on any atom is 0.0105 e. The van der Waals surface area contributed by atoms with E-state index in [9.17, 15) is 0 Å². The van der Waals surface area contributed by atoms with Gasteiger partial charge in [0.15, 0.2) is 0 Å². The van der Waals surface area contributed by atoms with Crippen LogP contribution in [0.2, 0.25) is 0 Å². The monoisotopic (exact) mass is 203 g/mol. The summed E-state index contributed by atoms with van der Waals surface area (Å²) in [6.45, 7) is 12.1. The van der Waals surface area contributed by atoms with Crippen molar-refractivity contribution in [3.05, 3.63) is 0 Å². The first-order valence-electron chi connectivity index (χ1n) is 6.01. The van der Waals surface area contributed by atoms with E-state index in [4.69, 9.17) is 11.5 Å². The molecular formula is C11H29N3. The number of nitrogens with zero attached hydrogens (tertiary/aromatic N) is 1. The second-order valence-electron chi connectivity index (χ2n) is 2.97. The quantitative estimate of drug-likeness (QED) is 0.713. The van der Waals surface area contributed by atoms with Crippen molar-refractivity contribution in [3.63, 3.8) is 0 Å². The van der Waals surface area contributed by atoms with Crippen LogP contribution in [-0.2, 0) is 0 Å². The van der Waals surface area contributed by atoms with Crippen molar-refractivity contribution in [3.8, 4) is 0 Å². The summed E-state index contributed by atoms with van der Waals surface area (Å²) in [7, 11) is 0. The molecule has 0 aromatic carbocycles. The van der Waals surface area contributed by atoms with E-state index in [1.165, 1.54) is 0 Å². The van der Waals surface area contributed by atoms with E-state index >= 15 is 0 Å². The summed E-state index contributed by atoms with van der Waals surface area (Å²) < 4.78 is 0. The van der Waals surface area contributed by atoms with Gasteiger partial charge < -0.3 is 16.4 Å². The van der Waals surface area contributed by atoms with Gasteiger partial charge in [0.1, 0.15) is 0 Å². The van der Waals surface area contributed by atoms with Crippen LogP contribution in [-0.4, -0.2) is 37.1 Å². The molecule has 1 rings (SSSR count). The van der Waals surface area contributed by atoms with E-state index in [1.54, 1.807) is 0 Å². The summed E-state index contributed by atoms with van der Waals surface area (Å²) in [6.07, 6.45) is 2.28. The number of piperidine rings is 1. The molecule has 4 N–H and O–H groups in total. The number of likely N-dealkylation sites (tertiary alicyclic amines) is 1. The molecule has 3 nitrogen and oxygen atoms in total. The van der Waals surface area contributed by atoms with Gasteiger partial charge in [0, 0.05) is 19.1 Å². The molecule has 0 aromatic heterocycles. The zero-order valence-electron chi connectivity index (χ0n) is 10.4. The molecule has 0 radical (unpaired) electrons. The minimum Gasteiger partial charge on any atom is -0.329 e. The van der Waals surface area contributed by atoms with Crippen LogP contribution in [0, 0.1) is 0 Å². The number of nitrogens with two attached hydrogens (primary N) is 2. The molecule has 1 aliphatic rings. The Morgan fingerprint density at radius 2 is 1.50 bits per heavy atom. The van der Waals surface area contributed by atoms with Crippen molar-refractivity contribution in [2.75, 3.05) is 26.2 Å². The molecule has 0 atom stereocenters. The van der Waals surface area contributed by atoms with Gasteiger partial charge in [0.25, 0.3) is 0 Å². The summed E-state index contributed by atoms with van der Waals surface area (Å²) in [5.41, 5.74) is 11.2. The van der Waals surface area contributed by atoms with E-state index in [-0.39, 0.29) is 0 Å². The lowest BCUT2D eigenvalue weighted by molar-refractivity contribution is 0.219. The van der Waals surface area contributed by atoms with Gasteiger partial charge in [0.05, 0.1) is 0 Å². The van der Waals surface area contributed by atoms with Gasteiger partial charge in [-0.2, -0.15) is 0 Å². The molecule has 0 aromatic rings. The SMILES string of the molecule is CC.CC.NCCN1CCC(N)CC1. The molecule has 1 heterocycles. The van der Waals surface area contributed by atoms with Crippen LogP contribution in [0.15, 0.2) is 0 Å². The van der Waals surface area contributed by atoms with Crippen LogP contribution < -0.4 is 11.5 Å². The molecule has 3 heteroatoms. The maximum atomic E-state index is 5.74. The van der Waals surface area contributed by atoms with Gasteiger partial charge in [-0.1, -0.05) is 27.7 Å².